The standard InChI is InChI=1S/C14H20N2O2S/c1-5-6-12(3)16(4)19(17,18)14-8-7-13(10-15)11(2)9-14/h7-9,12H,5-6H2,1-4H3. The first-order valence-corrected chi connectivity index (χ1v) is 7.77. The molecule has 1 aromatic rings. The summed E-state index contributed by atoms with van der Waals surface area (Å²) in [5.41, 5.74) is 1.18. The SMILES string of the molecule is CCCC(C)N(C)S(=O)(=O)c1ccc(C#N)c(C)c1. The number of rotatable bonds is 5. The highest BCUT2D eigenvalue weighted by molar-refractivity contribution is 7.89. The Morgan fingerprint density at radius 1 is 1.42 bits per heavy atom. The van der Waals surface area contributed by atoms with Gasteiger partial charge in [-0.25, -0.2) is 8.42 Å². The van der Waals surface area contributed by atoms with Crippen molar-refractivity contribution in [3.8, 4) is 6.07 Å². The van der Waals surface area contributed by atoms with Crippen molar-refractivity contribution in [2.24, 2.45) is 0 Å². The van der Waals surface area contributed by atoms with E-state index in [0.29, 0.717) is 11.1 Å². The topological polar surface area (TPSA) is 61.2 Å². The molecule has 0 fully saturated rings. The Bertz CT molecular complexity index is 588. The maximum atomic E-state index is 12.4. The van der Waals surface area contributed by atoms with Gasteiger partial charge in [0.05, 0.1) is 16.5 Å². The summed E-state index contributed by atoms with van der Waals surface area (Å²) in [6, 6.07) is 6.61. The largest absolute Gasteiger partial charge is 0.243 e. The quantitative estimate of drug-likeness (QED) is 0.833. The maximum absolute atomic E-state index is 12.4. The van der Waals surface area contributed by atoms with E-state index in [1.54, 1.807) is 26.1 Å². The van der Waals surface area contributed by atoms with Crippen LogP contribution in [0.3, 0.4) is 0 Å². The van der Waals surface area contributed by atoms with Crippen LogP contribution in [-0.4, -0.2) is 25.8 Å². The minimum atomic E-state index is -3.48. The van der Waals surface area contributed by atoms with Crippen LogP contribution in [0, 0.1) is 18.3 Å². The van der Waals surface area contributed by atoms with Crippen LogP contribution in [0.1, 0.15) is 37.8 Å². The lowest BCUT2D eigenvalue weighted by Gasteiger charge is -2.24. The first-order chi connectivity index (χ1) is 8.84. The van der Waals surface area contributed by atoms with Gasteiger partial charge in [0, 0.05) is 13.1 Å². The van der Waals surface area contributed by atoms with E-state index in [2.05, 4.69) is 0 Å². The summed E-state index contributed by atoms with van der Waals surface area (Å²) < 4.78 is 26.3. The molecule has 19 heavy (non-hydrogen) atoms. The molecular formula is C14H20N2O2S. The van der Waals surface area contributed by atoms with Crippen LogP contribution < -0.4 is 0 Å². The van der Waals surface area contributed by atoms with Gasteiger partial charge in [0.15, 0.2) is 0 Å². The highest BCUT2D eigenvalue weighted by Crippen LogP contribution is 2.21. The highest BCUT2D eigenvalue weighted by Gasteiger charge is 2.25. The molecule has 104 valence electrons. The fourth-order valence-electron chi connectivity index (χ4n) is 1.92. The first-order valence-electron chi connectivity index (χ1n) is 6.33. The van der Waals surface area contributed by atoms with Crippen molar-refractivity contribution in [1.82, 2.24) is 4.31 Å². The number of nitrogens with zero attached hydrogens (tertiary/aromatic N) is 2. The second kappa shape index (κ2) is 6.18. The van der Waals surface area contributed by atoms with Crippen molar-refractivity contribution in [3.63, 3.8) is 0 Å². The summed E-state index contributed by atoms with van der Waals surface area (Å²) in [6.45, 7) is 5.67. The lowest BCUT2D eigenvalue weighted by atomic mass is 10.1. The minimum absolute atomic E-state index is 0.0362. The zero-order valence-corrected chi connectivity index (χ0v) is 12.7. The minimum Gasteiger partial charge on any atom is -0.207 e. The number of sulfonamides is 1. The molecule has 0 saturated carbocycles. The van der Waals surface area contributed by atoms with Gasteiger partial charge in [-0.2, -0.15) is 9.57 Å². The second-order valence-electron chi connectivity index (χ2n) is 4.75. The van der Waals surface area contributed by atoms with Crippen LogP contribution in [0.15, 0.2) is 23.1 Å². The van der Waals surface area contributed by atoms with Gasteiger partial charge in [0.1, 0.15) is 0 Å². The van der Waals surface area contributed by atoms with E-state index in [9.17, 15) is 8.42 Å². The number of aryl methyl sites for hydroxylation is 1. The van der Waals surface area contributed by atoms with Gasteiger partial charge >= 0.3 is 0 Å². The maximum Gasteiger partial charge on any atom is 0.243 e. The van der Waals surface area contributed by atoms with Gasteiger partial charge in [0.2, 0.25) is 10.0 Å². The van der Waals surface area contributed by atoms with E-state index in [-0.39, 0.29) is 10.9 Å². The summed E-state index contributed by atoms with van der Waals surface area (Å²) in [5, 5.41) is 8.87. The molecule has 0 heterocycles. The van der Waals surface area contributed by atoms with E-state index in [1.807, 2.05) is 19.9 Å². The van der Waals surface area contributed by atoms with Crippen molar-refractivity contribution in [3.05, 3.63) is 29.3 Å². The zero-order valence-electron chi connectivity index (χ0n) is 11.8. The predicted molar refractivity (Wildman–Crippen MR) is 75.2 cm³/mol. The molecule has 0 radical (unpaired) electrons. The Labute approximate surface area is 115 Å². The molecule has 0 N–H and O–H groups in total. The summed E-state index contributed by atoms with van der Waals surface area (Å²) in [5.74, 6) is 0. The average molecular weight is 280 g/mol. The molecule has 1 atom stereocenters. The van der Waals surface area contributed by atoms with Crippen molar-refractivity contribution in [2.45, 2.75) is 44.6 Å². The van der Waals surface area contributed by atoms with Crippen molar-refractivity contribution < 1.29 is 8.42 Å². The molecular weight excluding hydrogens is 260 g/mol. The van der Waals surface area contributed by atoms with Crippen molar-refractivity contribution in [2.75, 3.05) is 7.05 Å². The third kappa shape index (κ3) is 3.34. The number of hydrogen-bond donors (Lipinski definition) is 0. The van der Waals surface area contributed by atoms with Crippen molar-refractivity contribution in [1.29, 1.82) is 5.26 Å². The molecule has 5 heteroatoms. The average Bonchev–Trinajstić information content (AvgIpc) is 2.37. The highest BCUT2D eigenvalue weighted by atomic mass is 32.2. The summed E-state index contributed by atoms with van der Waals surface area (Å²) >= 11 is 0. The second-order valence-corrected chi connectivity index (χ2v) is 6.74. The molecule has 1 rings (SSSR count). The normalized spacial score (nSPS) is 13.3. The predicted octanol–water partition coefficient (Wildman–Crippen LogP) is 2.68. The molecule has 0 amide bonds. The molecule has 4 nitrogen and oxygen atoms in total. The lowest BCUT2D eigenvalue weighted by molar-refractivity contribution is 0.368. The molecule has 0 spiro atoms. The van der Waals surface area contributed by atoms with Crippen LogP contribution in [0.5, 0.6) is 0 Å². The van der Waals surface area contributed by atoms with Crippen LogP contribution >= 0.6 is 0 Å². The van der Waals surface area contributed by atoms with Gasteiger partial charge in [-0.05, 0) is 44.0 Å². The third-order valence-electron chi connectivity index (χ3n) is 3.32. The van der Waals surface area contributed by atoms with Crippen molar-refractivity contribution >= 4 is 10.0 Å². The Kier molecular flexibility index (Phi) is 5.10. The van der Waals surface area contributed by atoms with E-state index in [1.165, 1.54) is 10.4 Å². The van der Waals surface area contributed by atoms with Gasteiger partial charge in [0.25, 0.3) is 0 Å². The van der Waals surface area contributed by atoms with Gasteiger partial charge in [-0.3, -0.25) is 0 Å². The molecule has 0 aliphatic carbocycles. The number of hydrogen-bond acceptors (Lipinski definition) is 3. The van der Waals surface area contributed by atoms with E-state index in [4.69, 9.17) is 5.26 Å². The van der Waals surface area contributed by atoms with Gasteiger partial charge in [-0.1, -0.05) is 13.3 Å². The summed E-state index contributed by atoms with van der Waals surface area (Å²) in [7, 11) is -1.88. The van der Waals surface area contributed by atoms with Crippen LogP contribution in [0.4, 0.5) is 0 Å². The first kappa shape index (κ1) is 15.7. The van der Waals surface area contributed by atoms with Crippen LogP contribution in [-0.2, 0) is 10.0 Å². The lowest BCUT2D eigenvalue weighted by Crippen LogP contribution is -2.35. The molecule has 0 saturated heterocycles. The molecule has 0 aliphatic heterocycles. The number of nitriles is 1. The molecule has 0 aliphatic rings. The van der Waals surface area contributed by atoms with Gasteiger partial charge in [-0.15, -0.1) is 0 Å². The van der Waals surface area contributed by atoms with Gasteiger partial charge < -0.3 is 0 Å². The molecule has 1 unspecified atom stereocenters. The number of benzene rings is 1. The summed E-state index contributed by atoms with van der Waals surface area (Å²) in [6.07, 6.45) is 1.76. The Morgan fingerprint density at radius 2 is 2.05 bits per heavy atom. The fraction of sp³-hybridized carbons (Fsp3) is 0.500. The Hall–Kier alpha value is -1.38. The third-order valence-corrected chi connectivity index (χ3v) is 5.29. The smallest absolute Gasteiger partial charge is 0.207 e. The zero-order chi connectivity index (χ0) is 14.6. The molecule has 0 aromatic heterocycles. The monoisotopic (exact) mass is 280 g/mol. The summed E-state index contributed by atoms with van der Waals surface area (Å²) in [4.78, 5) is 0.245. The molecule has 0 bridgehead atoms. The Morgan fingerprint density at radius 3 is 2.53 bits per heavy atom. The van der Waals surface area contributed by atoms with Crippen LogP contribution in [0.25, 0.3) is 0 Å². The fourth-order valence-corrected chi connectivity index (χ4v) is 3.40. The molecule has 1 aromatic carbocycles. The van der Waals surface area contributed by atoms with E-state index in [0.717, 1.165) is 12.8 Å². The van der Waals surface area contributed by atoms with E-state index >= 15 is 0 Å². The van der Waals surface area contributed by atoms with Crippen LogP contribution in [0.2, 0.25) is 0 Å². The van der Waals surface area contributed by atoms with E-state index < -0.39 is 10.0 Å². The Balaban J connectivity index is 3.14.